The zero-order valence-electron chi connectivity index (χ0n) is 12.8. The van der Waals surface area contributed by atoms with Crippen molar-refractivity contribution >= 4 is 5.71 Å². The van der Waals surface area contributed by atoms with Crippen molar-refractivity contribution in [2.24, 2.45) is 10.6 Å². The summed E-state index contributed by atoms with van der Waals surface area (Å²) < 4.78 is 1.74. The van der Waals surface area contributed by atoms with Crippen molar-refractivity contribution in [2.45, 2.75) is 40.5 Å². The molecule has 2 heterocycles. The number of aryl methyl sites for hydroxylation is 2. The number of nitrogens with zero attached hydrogens (tertiary/aromatic N) is 5. The van der Waals surface area contributed by atoms with Gasteiger partial charge in [-0.3, -0.25) is 0 Å². The largest absolute Gasteiger partial charge is 0.411 e. The van der Waals surface area contributed by atoms with Gasteiger partial charge >= 0.3 is 0 Å². The Bertz CT molecular complexity index is 730. The number of hydrogen-bond donors (Lipinski definition) is 1. The first-order valence-electron chi connectivity index (χ1n) is 7.00. The lowest BCUT2D eigenvalue weighted by atomic mass is 9.76. The number of oxime groups is 1. The van der Waals surface area contributed by atoms with Gasteiger partial charge in [0.25, 0.3) is 5.95 Å². The molecule has 0 fully saturated rings. The highest BCUT2D eigenvalue weighted by atomic mass is 16.4. The summed E-state index contributed by atoms with van der Waals surface area (Å²) in [5.74, 6) is 0.564. The predicted octanol–water partition coefficient (Wildman–Crippen LogP) is 2.43. The molecular formula is C15H19N5O. The smallest absolute Gasteiger partial charge is 0.250 e. The second kappa shape index (κ2) is 4.65. The van der Waals surface area contributed by atoms with Gasteiger partial charge in [-0.25, -0.2) is 14.6 Å². The maximum absolute atomic E-state index is 9.22. The molecule has 3 rings (SSSR count). The zero-order chi connectivity index (χ0) is 15.2. The number of aromatic nitrogens is 4. The molecule has 21 heavy (non-hydrogen) atoms. The van der Waals surface area contributed by atoms with Crippen LogP contribution in [-0.4, -0.2) is 30.7 Å². The molecule has 1 aliphatic rings. The van der Waals surface area contributed by atoms with Crippen LogP contribution in [0.2, 0.25) is 0 Å². The molecule has 0 aliphatic heterocycles. The predicted molar refractivity (Wildman–Crippen MR) is 79.1 cm³/mol. The minimum atomic E-state index is 0.0231. The second-order valence-corrected chi connectivity index (χ2v) is 6.43. The molecular weight excluding hydrogens is 266 g/mol. The number of rotatable bonds is 1. The summed E-state index contributed by atoms with van der Waals surface area (Å²) in [5, 5.41) is 17.1. The van der Waals surface area contributed by atoms with Gasteiger partial charge in [-0.05, 0) is 38.2 Å². The van der Waals surface area contributed by atoms with E-state index in [1.165, 1.54) is 0 Å². The van der Waals surface area contributed by atoms with E-state index in [4.69, 9.17) is 0 Å². The van der Waals surface area contributed by atoms with E-state index in [0.717, 1.165) is 35.5 Å². The average molecular weight is 285 g/mol. The second-order valence-electron chi connectivity index (χ2n) is 6.43. The van der Waals surface area contributed by atoms with E-state index in [-0.39, 0.29) is 5.41 Å². The Balaban J connectivity index is 2.11. The van der Waals surface area contributed by atoms with Gasteiger partial charge in [0.15, 0.2) is 0 Å². The summed E-state index contributed by atoms with van der Waals surface area (Å²) in [4.78, 5) is 9.03. The van der Waals surface area contributed by atoms with Crippen LogP contribution < -0.4 is 0 Å². The molecule has 6 heteroatoms. The number of fused-ring (bicyclic) bond motifs is 1. The standard InChI is InChI=1S/C15H19N5O/c1-9-5-10(2)20(18-9)14-16-8-11-12(17-14)6-15(3,4)7-13(11)19-21/h5,8,21H,6-7H2,1-4H3/b19-13-. The van der Waals surface area contributed by atoms with E-state index in [0.29, 0.717) is 11.7 Å². The van der Waals surface area contributed by atoms with Crippen molar-refractivity contribution in [1.29, 1.82) is 0 Å². The van der Waals surface area contributed by atoms with Crippen LogP contribution in [0, 0.1) is 19.3 Å². The summed E-state index contributed by atoms with van der Waals surface area (Å²) in [6.07, 6.45) is 3.29. The molecule has 0 amide bonds. The van der Waals surface area contributed by atoms with Crippen molar-refractivity contribution in [3.8, 4) is 5.95 Å². The molecule has 2 aromatic rings. The zero-order valence-corrected chi connectivity index (χ0v) is 12.8. The molecule has 110 valence electrons. The fourth-order valence-electron chi connectivity index (χ4n) is 2.87. The van der Waals surface area contributed by atoms with E-state index in [1.807, 2.05) is 19.9 Å². The Morgan fingerprint density at radius 1 is 1.29 bits per heavy atom. The molecule has 1 N–H and O–H groups in total. The lowest BCUT2D eigenvalue weighted by molar-refractivity contribution is 0.305. The topological polar surface area (TPSA) is 76.2 Å². The van der Waals surface area contributed by atoms with Gasteiger partial charge in [0.1, 0.15) is 0 Å². The van der Waals surface area contributed by atoms with E-state index < -0.39 is 0 Å². The lowest BCUT2D eigenvalue weighted by Crippen LogP contribution is -2.29. The summed E-state index contributed by atoms with van der Waals surface area (Å²) in [6.45, 7) is 8.22. The fourth-order valence-corrected chi connectivity index (χ4v) is 2.87. The van der Waals surface area contributed by atoms with Crippen LogP contribution in [0.1, 0.15) is 42.9 Å². The van der Waals surface area contributed by atoms with Gasteiger partial charge in [-0.2, -0.15) is 5.10 Å². The Kier molecular flexibility index (Phi) is 3.04. The van der Waals surface area contributed by atoms with Crippen molar-refractivity contribution in [3.63, 3.8) is 0 Å². The van der Waals surface area contributed by atoms with Gasteiger partial charge in [0.05, 0.1) is 17.1 Å². The number of hydrogen-bond acceptors (Lipinski definition) is 5. The normalized spacial score (nSPS) is 18.8. The van der Waals surface area contributed by atoms with Gasteiger partial charge in [0, 0.05) is 17.5 Å². The molecule has 0 spiro atoms. The van der Waals surface area contributed by atoms with Crippen molar-refractivity contribution in [3.05, 3.63) is 34.9 Å². The Morgan fingerprint density at radius 3 is 2.67 bits per heavy atom. The fraction of sp³-hybridized carbons (Fsp3) is 0.467. The maximum Gasteiger partial charge on any atom is 0.250 e. The van der Waals surface area contributed by atoms with Crippen molar-refractivity contribution in [1.82, 2.24) is 19.7 Å². The molecule has 0 aromatic carbocycles. The van der Waals surface area contributed by atoms with Gasteiger partial charge in [-0.15, -0.1) is 0 Å². The molecule has 1 aliphatic carbocycles. The van der Waals surface area contributed by atoms with E-state index >= 15 is 0 Å². The minimum Gasteiger partial charge on any atom is -0.411 e. The van der Waals surface area contributed by atoms with Gasteiger partial charge < -0.3 is 5.21 Å². The summed E-state index contributed by atoms with van der Waals surface area (Å²) >= 11 is 0. The van der Waals surface area contributed by atoms with Gasteiger partial charge in [-0.1, -0.05) is 19.0 Å². The highest BCUT2D eigenvalue weighted by molar-refractivity contribution is 6.02. The van der Waals surface area contributed by atoms with Crippen LogP contribution in [0.25, 0.3) is 5.95 Å². The molecule has 0 atom stereocenters. The monoisotopic (exact) mass is 285 g/mol. The van der Waals surface area contributed by atoms with Crippen LogP contribution >= 0.6 is 0 Å². The minimum absolute atomic E-state index is 0.0231. The quantitative estimate of drug-likeness (QED) is 0.645. The highest BCUT2D eigenvalue weighted by Crippen LogP contribution is 2.34. The first-order chi connectivity index (χ1) is 9.89. The average Bonchev–Trinajstić information content (AvgIpc) is 2.75. The van der Waals surface area contributed by atoms with E-state index in [9.17, 15) is 5.21 Å². The SMILES string of the molecule is Cc1cc(C)n(-c2ncc3c(n2)CC(C)(C)C/C3=N/O)n1. The molecule has 0 bridgehead atoms. The Labute approximate surface area is 123 Å². The lowest BCUT2D eigenvalue weighted by Gasteiger charge is -2.30. The van der Waals surface area contributed by atoms with Crippen molar-refractivity contribution < 1.29 is 5.21 Å². The van der Waals surface area contributed by atoms with Gasteiger partial charge in [0.2, 0.25) is 0 Å². The van der Waals surface area contributed by atoms with Crippen LogP contribution in [0.15, 0.2) is 17.4 Å². The third kappa shape index (κ3) is 2.41. The molecule has 6 nitrogen and oxygen atoms in total. The first-order valence-corrected chi connectivity index (χ1v) is 7.00. The third-order valence-electron chi connectivity index (χ3n) is 3.78. The molecule has 0 radical (unpaired) electrons. The van der Waals surface area contributed by atoms with E-state index in [1.54, 1.807) is 10.9 Å². The van der Waals surface area contributed by atoms with Crippen LogP contribution in [0.4, 0.5) is 0 Å². The van der Waals surface area contributed by atoms with Crippen LogP contribution in [0.3, 0.4) is 0 Å². The summed E-state index contributed by atoms with van der Waals surface area (Å²) in [5.41, 5.74) is 4.36. The van der Waals surface area contributed by atoms with Crippen LogP contribution in [-0.2, 0) is 6.42 Å². The molecule has 0 saturated heterocycles. The molecule has 0 saturated carbocycles. The summed E-state index contributed by atoms with van der Waals surface area (Å²) in [6, 6.07) is 1.99. The Hall–Kier alpha value is -2.24. The Morgan fingerprint density at radius 2 is 2.05 bits per heavy atom. The highest BCUT2D eigenvalue weighted by Gasteiger charge is 2.31. The summed E-state index contributed by atoms with van der Waals surface area (Å²) in [7, 11) is 0. The first kappa shape index (κ1) is 13.7. The molecule has 0 unspecified atom stereocenters. The van der Waals surface area contributed by atoms with Crippen molar-refractivity contribution in [2.75, 3.05) is 0 Å². The van der Waals surface area contributed by atoms with Crippen LogP contribution in [0.5, 0.6) is 0 Å². The third-order valence-corrected chi connectivity index (χ3v) is 3.78. The van der Waals surface area contributed by atoms with E-state index in [2.05, 4.69) is 34.1 Å². The molecule has 2 aromatic heterocycles. The maximum atomic E-state index is 9.22.